The summed E-state index contributed by atoms with van der Waals surface area (Å²) >= 11 is 0. The molecule has 3 aromatic rings. The molecule has 2 amide bonds. The summed E-state index contributed by atoms with van der Waals surface area (Å²) in [7, 11) is 0. The highest BCUT2D eigenvalue weighted by atomic mass is 16.5. The number of para-hydroxylation sites is 1. The van der Waals surface area contributed by atoms with Gasteiger partial charge in [0.15, 0.2) is 0 Å². The predicted molar refractivity (Wildman–Crippen MR) is 119 cm³/mol. The first-order chi connectivity index (χ1) is 15.2. The van der Waals surface area contributed by atoms with Crippen molar-refractivity contribution < 1.29 is 19.1 Å². The molecule has 0 fully saturated rings. The van der Waals surface area contributed by atoms with Crippen LogP contribution in [-0.4, -0.2) is 18.4 Å². The van der Waals surface area contributed by atoms with Crippen LogP contribution in [0.1, 0.15) is 46.0 Å². The second kappa shape index (κ2) is 11.4. The molecule has 0 bridgehead atoms. The van der Waals surface area contributed by atoms with E-state index in [1.165, 1.54) is 0 Å². The van der Waals surface area contributed by atoms with E-state index in [9.17, 15) is 9.59 Å². The van der Waals surface area contributed by atoms with Crippen LogP contribution in [0.4, 0.5) is 0 Å². The lowest BCUT2D eigenvalue weighted by Gasteiger charge is -2.13. The standard InChI is InChI=1S/C25H26N2O4/c1-2-3-16-30-21-13-9-12-20(17-21)24(28)26-27-25(29)22-14-7-8-15-23(22)31-18-19-10-5-4-6-11-19/h4-15,17H,2-3,16,18H2,1H3,(H,26,28)(H,27,29). The minimum absolute atomic E-state index is 0.329. The maximum atomic E-state index is 12.6. The fraction of sp³-hybridized carbons (Fsp3) is 0.200. The van der Waals surface area contributed by atoms with Gasteiger partial charge in [0, 0.05) is 5.56 Å². The van der Waals surface area contributed by atoms with E-state index < -0.39 is 11.8 Å². The molecule has 0 aliphatic heterocycles. The lowest BCUT2D eigenvalue weighted by atomic mass is 10.2. The van der Waals surface area contributed by atoms with Crippen LogP contribution in [0.2, 0.25) is 0 Å². The summed E-state index contributed by atoms with van der Waals surface area (Å²) in [5.41, 5.74) is 6.60. The molecule has 6 heteroatoms. The number of hydrazine groups is 1. The van der Waals surface area contributed by atoms with Crippen molar-refractivity contribution in [1.82, 2.24) is 10.9 Å². The molecule has 0 unspecified atom stereocenters. The fourth-order valence-corrected chi connectivity index (χ4v) is 2.83. The van der Waals surface area contributed by atoms with E-state index >= 15 is 0 Å². The molecule has 31 heavy (non-hydrogen) atoms. The molecule has 0 saturated heterocycles. The summed E-state index contributed by atoms with van der Waals surface area (Å²) in [5, 5.41) is 0. The maximum Gasteiger partial charge on any atom is 0.273 e. The Kier molecular flexibility index (Phi) is 8.05. The summed E-state index contributed by atoms with van der Waals surface area (Å²) in [6, 6.07) is 23.4. The van der Waals surface area contributed by atoms with Gasteiger partial charge in [-0.15, -0.1) is 0 Å². The zero-order chi connectivity index (χ0) is 21.9. The normalized spacial score (nSPS) is 10.2. The SMILES string of the molecule is CCCCOc1cccc(C(=O)NNC(=O)c2ccccc2OCc2ccccc2)c1. The van der Waals surface area contributed by atoms with Gasteiger partial charge in [-0.25, -0.2) is 0 Å². The van der Waals surface area contributed by atoms with Crippen molar-refractivity contribution in [3.05, 3.63) is 95.6 Å². The molecule has 160 valence electrons. The van der Waals surface area contributed by atoms with E-state index in [-0.39, 0.29) is 0 Å². The van der Waals surface area contributed by atoms with Gasteiger partial charge in [0.25, 0.3) is 11.8 Å². The summed E-state index contributed by atoms with van der Waals surface area (Å²) in [4.78, 5) is 25.1. The van der Waals surface area contributed by atoms with Gasteiger partial charge in [-0.2, -0.15) is 0 Å². The molecule has 0 aromatic heterocycles. The molecule has 3 rings (SSSR count). The van der Waals surface area contributed by atoms with Gasteiger partial charge in [0.05, 0.1) is 12.2 Å². The van der Waals surface area contributed by atoms with Crippen molar-refractivity contribution in [3.63, 3.8) is 0 Å². The van der Waals surface area contributed by atoms with E-state index in [0.717, 1.165) is 18.4 Å². The summed E-state index contributed by atoms with van der Waals surface area (Å²) < 4.78 is 11.4. The number of benzene rings is 3. The Morgan fingerprint density at radius 3 is 2.35 bits per heavy atom. The number of carbonyl (C=O) groups excluding carboxylic acids is 2. The van der Waals surface area contributed by atoms with Crippen molar-refractivity contribution >= 4 is 11.8 Å². The number of rotatable bonds is 9. The second-order valence-corrected chi connectivity index (χ2v) is 6.91. The smallest absolute Gasteiger partial charge is 0.273 e. The third-order valence-electron chi connectivity index (χ3n) is 4.52. The monoisotopic (exact) mass is 418 g/mol. The third kappa shape index (κ3) is 6.60. The van der Waals surface area contributed by atoms with Crippen LogP contribution >= 0.6 is 0 Å². The molecular weight excluding hydrogens is 392 g/mol. The molecule has 0 heterocycles. The molecule has 3 aromatic carbocycles. The number of nitrogens with one attached hydrogen (secondary N) is 2. The maximum absolute atomic E-state index is 12.6. The number of amides is 2. The Balaban J connectivity index is 1.58. The van der Waals surface area contributed by atoms with Gasteiger partial charge in [-0.05, 0) is 42.3 Å². The topological polar surface area (TPSA) is 76.7 Å². The van der Waals surface area contributed by atoms with Gasteiger partial charge < -0.3 is 9.47 Å². The molecule has 0 radical (unpaired) electrons. The molecule has 0 aliphatic rings. The number of carbonyl (C=O) groups is 2. The average molecular weight is 418 g/mol. The van der Waals surface area contributed by atoms with Crippen LogP contribution in [0, 0.1) is 0 Å². The predicted octanol–water partition coefficient (Wildman–Crippen LogP) is 4.52. The number of hydrogen-bond donors (Lipinski definition) is 2. The fourth-order valence-electron chi connectivity index (χ4n) is 2.83. The van der Waals surface area contributed by atoms with E-state index in [1.54, 1.807) is 48.5 Å². The van der Waals surface area contributed by atoms with Crippen LogP contribution in [0.5, 0.6) is 11.5 Å². The highest BCUT2D eigenvalue weighted by Crippen LogP contribution is 2.19. The van der Waals surface area contributed by atoms with Gasteiger partial charge in [-0.1, -0.05) is 61.9 Å². The molecular formula is C25H26N2O4. The van der Waals surface area contributed by atoms with E-state index in [4.69, 9.17) is 9.47 Å². The highest BCUT2D eigenvalue weighted by molar-refractivity contribution is 6.00. The van der Waals surface area contributed by atoms with Crippen LogP contribution in [0.15, 0.2) is 78.9 Å². The second-order valence-electron chi connectivity index (χ2n) is 6.91. The van der Waals surface area contributed by atoms with Gasteiger partial charge in [-0.3, -0.25) is 20.4 Å². The Labute approximate surface area is 182 Å². The lowest BCUT2D eigenvalue weighted by molar-refractivity contribution is 0.0844. The summed E-state index contributed by atoms with van der Waals surface area (Å²) in [6.45, 7) is 3.02. The Bertz CT molecular complexity index is 1010. The molecule has 0 spiro atoms. The lowest BCUT2D eigenvalue weighted by Crippen LogP contribution is -2.41. The van der Waals surface area contributed by atoms with Crippen molar-refractivity contribution in [2.24, 2.45) is 0 Å². The first kappa shape index (κ1) is 21.9. The van der Waals surface area contributed by atoms with Crippen LogP contribution in [0.3, 0.4) is 0 Å². The zero-order valence-corrected chi connectivity index (χ0v) is 17.5. The minimum Gasteiger partial charge on any atom is -0.494 e. The van der Waals surface area contributed by atoms with Crippen LogP contribution in [-0.2, 0) is 6.61 Å². The van der Waals surface area contributed by atoms with Gasteiger partial charge >= 0.3 is 0 Å². The number of unbranched alkanes of at least 4 members (excludes halogenated alkanes) is 1. The number of ether oxygens (including phenoxy) is 2. The largest absolute Gasteiger partial charge is 0.494 e. The molecule has 6 nitrogen and oxygen atoms in total. The highest BCUT2D eigenvalue weighted by Gasteiger charge is 2.14. The van der Waals surface area contributed by atoms with Gasteiger partial charge in [0.2, 0.25) is 0 Å². The van der Waals surface area contributed by atoms with E-state index in [2.05, 4.69) is 17.8 Å². The van der Waals surface area contributed by atoms with Crippen molar-refractivity contribution in [2.75, 3.05) is 6.61 Å². The Morgan fingerprint density at radius 2 is 1.55 bits per heavy atom. The Morgan fingerprint density at radius 1 is 0.806 bits per heavy atom. The summed E-state index contributed by atoms with van der Waals surface area (Å²) in [6.07, 6.45) is 1.97. The van der Waals surface area contributed by atoms with E-state index in [1.807, 2.05) is 30.3 Å². The van der Waals surface area contributed by atoms with Crippen molar-refractivity contribution in [1.29, 1.82) is 0 Å². The molecule has 0 atom stereocenters. The van der Waals surface area contributed by atoms with Crippen molar-refractivity contribution in [2.45, 2.75) is 26.4 Å². The van der Waals surface area contributed by atoms with Crippen molar-refractivity contribution in [3.8, 4) is 11.5 Å². The molecule has 2 N–H and O–H groups in total. The Hall–Kier alpha value is -3.80. The average Bonchev–Trinajstić information content (AvgIpc) is 2.82. The molecule has 0 aliphatic carbocycles. The van der Waals surface area contributed by atoms with Gasteiger partial charge in [0.1, 0.15) is 18.1 Å². The summed E-state index contributed by atoms with van der Waals surface area (Å²) in [5.74, 6) is 0.154. The van der Waals surface area contributed by atoms with Crippen LogP contribution in [0.25, 0.3) is 0 Å². The quantitative estimate of drug-likeness (QED) is 0.396. The van der Waals surface area contributed by atoms with Crippen LogP contribution < -0.4 is 20.3 Å². The first-order valence-electron chi connectivity index (χ1n) is 10.3. The first-order valence-corrected chi connectivity index (χ1v) is 10.3. The number of hydrogen-bond acceptors (Lipinski definition) is 4. The third-order valence-corrected chi connectivity index (χ3v) is 4.52. The molecule has 0 saturated carbocycles. The minimum atomic E-state index is -0.465. The van der Waals surface area contributed by atoms with E-state index in [0.29, 0.717) is 35.8 Å². The zero-order valence-electron chi connectivity index (χ0n) is 17.5.